The molecule has 1 aliphatic heterocycles. The van der Waals surface area contributed by atoms with Gasteiger partial charge < -0.3 is 20.1 Å². The Kier molecular flexibility index (Phi) is 5.52. The molecular weight excluding hydrogens is 348 g/mol. The van der Waals surface area contributed by atoms with Crippen LogP contribution in [0.1, 0.15) is 25.0 Å². The number of amides is 2. The molecule has 2 N–H and O–H groups in total. The summed E-state index contributed by atoms with van der Waals surface area (Å²) in [5.74, 6) is -1.57. The summed E-state index contributed by atoms with van der Waals surface area (Å²) in [4.78, 5) is 38.2. The van der Waals surface area contributed by atoms with Crippen LogP contribution in [0.25, 0.3) is 0 Å². The number of carbonyl (C=O) groups excluding carboxylic acids is 3. The van der Waals surface area contributed by atoms with E-state index in [-0.39, 0.29) is 12.3 Å². The molecule has 0 saturated heterocycles. The highest BCUT2D eigenvalue weighted by Gasteiger charge is 2.30. The Morgan fingerprint density at radius 3 is 2.59 bits per heavy atom. The van der Waals surface area contributed by atoms with Crippen molar-refractivity contribution in [3.8, 4) is 0 Å². The minimum Gasteiger partial charge on any atom is -0.453 e. The number of fused-ring (bicyclic) bond motifs is 1. The molecule has 1 aliphatic rings. The average Bonchev–Trinajstić information content (AvgIpc) is 2.80. The van der Waals surface area contributed by atoms with Crippen molar-refractivity contribution >= 4 is 29.2 Å². The molecule has 0 aliphatic carbocycles. The molecule has 0 bridgehead atoms. The second-order valence-electron chi connectivity index (χ2n) is 6.30. The van der Waals surface area contributed by atoms with E-state index in [4.69, 9.17) is 4.74 Å². The second kappa shape index (κ2) is 8.01. The van der Waals surface area contributed by atoms with Gasteiger partial charge in [0.25, 0.3) is 5.91 Å². The van der Waals surface area contributed by atoms with Crippen molar-refractivity contribution in [2.24, 2.45) is 0 Å². The second-order valence-corrected chi connectivity index (χ2v) is 6.30. The summed E-state index contributed by atoms with van der Waals surface area (Å²) >= 11 is 0. The zero-order chi connectivity index (χ0) is 19.4. The molecule has 2 aromatic carbocycles. The molecule has 140 valence electrons. The largest absolute Gasteiger partial charge is 0.453 e. The van der Waals surface area contributed by atoms with Crippen molar-refractivity contribution in [3.05, 3.63) is 60.2 Å². The molecule has 2 atom stereocenters. The van der Waals surface area contributed by atoms with E-state index in [0.717, 1.165) is 0 Å². The van der Waals surface area contributed by atoms with Gasteiger partial charge in [0, 0.05) is 12.5 Å². The predicted octanol–water partition coefficient (Wildman–Crippen LogP) is 2.03. The van der Waals surface area contributed by atoms with Gasteiger partial charge in [0.15, 0.2) is 12.7 Å². The summed E-state index contributed by atoms with van der Waals surface area (Å²) in [6.07, 6.45) is -1.34. The predicted molar refractivity (Wildman–Crippen MR) is 99.0 cm³/mol. The van der Waals surface area contributed by atoms with Crippen LogP contribution in [0.3, 0.4) is 0 Å². The molecule has 2 amide bonds. The molecule has 2 aromatic rings. The first-order valence-corrected chi connectivity index (χ1v) is 8.58. The molecule has 0 saturated carbocycles. The molecule has 7 heteroatoms. The van der Waals surface area contributed by atoms with E-state index in [1.165, 1.54) is 4.90 Å². The highest BCUT2D eigenvalue weighted by Crippen LogP contribution is 2.31. The number of rotatable bonds is 4. The number of ether oxygens (including phenoxy) is 1. The number of nitrogens with one attached hydrogen (secondary N) is 1. The van der Waals surface area contributed by atoms with Gasteiger partial charge in [0.2, 0.25) is 5.91 Å². The lowest BCUT2D eigenvalue weighted by Crippen LogP contribution is -2.41. The Hall–Kier alpha value is -3.19. The number of aliphatic hydroxyl groups is 1. The number of hydrogen-bond acceptors (Lipinski definition) is 5. The number of esters is 1. The quantitative estimate of drug-likeness (QED) is 0.805. The van der Waals surface area contributed by atoms with E-state index >= 15 is 0 Å². The molecule has 1 heterocycles. The van der Waals surface area contributed by atoms with Crippen molar-refractivity contribution in [2.75, 3.05) is 16.8 Å². The third-order valence-electron chi connectivity index (χ3n) is 4.30. The topological polar surface area (TPSA) is 95.9 Å². The first kappa shape index (κ1) is 18.6. The smallest absolute Gasteiger partial charge is 0.340 e. The molecule has 27 heavy (non-hydrogen) atoms. The molecule has 0 unspecified atom stereocenters. The van der Waals surface area contributed by atoms with Gasteiger partial charge in [-0.1, -0.05) is 42.5 Å². The summed E-state index contributed by atoms with van der Waals surface area (Å²) in [7, 11) is 0. The van der Waals surface area contributed by atoms with Crippen LogP contribution >= 0.6 is 0 Å². The lowest BCUT2D eigenvalue weighted by Gasteiger charge is -2.27. The van der Waals surface area contributed by atoms with E-state index in [0.29, 0.717) is 16.9 Å². The van der Waals surface area contributed by atoms with E-state index in [2.05, 4.69) is 5.32 Å². The average molecular weight is 368 g/mol. The van der Waals surface area contributed by atoms with Crippen LogP contribution in [-0.4, -0.2) is 35.5 Å². The highest BCUT2D eigenvalue weighted by molar-refractivity contribution is 6.05. The van der Waals surface area contributed by atoms with Crippen LogP contribution < -0.4 is 10.2 Å². The van der Waals surface area contributed by atoms with Crippen molar-refractivity contribution in [1.82, 2.24) is 0 Å². The number of para-hydroxylation sites is 2. The van der Waals surface area contributed by atoms with Gasteiger partial charge in [0.05, 0.1) is 11.4 Å². The maximum absolute atomic E-state index is 12.7. The van der Waals surface area contributed by atoms with Gasteiger partial charge in [-0.05, 0) is 24.6 Å². The summed E-state index contributed by atoms with van der Waals surface area (Å²) in [6, 6.07) is 14.9. The van der Waals surface area contributed by atoms with Crippen molar-refractivity contribution in [3.63, 3.8) is 0 Å². The van der Waals surface area contributed by atoms with Crippen LogP contribution in [0.4, 0.5) is 11.4 Å². The van der Waals surface area contributed by atoms with Gasteiger partial charge >= 0.3 is 5.97 Å². The Labute approximate surface area is 156 Å². The summed E-state index contributed by atoms with van der Waals surface area (Å²) < 4.78 is 5.02. The minimum atomic E-state index is -1.46. The van der Waals surface area contributed by atoms with Crippen molar-refractivity contribution in [1.29, 1.82) is 0 Å². The van der Waals surface area contributed by atoms with Gasteiger partial charge in [-0.25, -0.2) is 4.79 Å². The van der Waals surface area contributed by atoms with Gasteiger partial charge in [-0.15, -0.1) is 0 Å². The monoisotopic (exact) mass is 368 g/mol. The fraction of sp³-hybridized carbons (Fsp3) is 0.250. The molecule has 0 radical (unpaired) electrons. The van der Waals surface area contributed by atoms with Crippen LogP contribution in [0.15, 0.2) is 54.6 Å². The highest BCUT2D eigenvalue weighted by atomic mass is 16.5. The standard InChI is InChI=1S/C20H20N2O5/c1-13-11-17(23)21-15-9-5-6-10-16(15)22(13)18(24)12-27-20(26)19(25)14-7-3-2-4-8-14/h2-10,13,19,25H,11-12H2,1H3,(H,21,23)/t13-,19-/m1/s1. The first-order chi connectivity index (χ1) is 13.0. The number of carbonyl (C=O) groups is 3. The van der Waals surface area contributed by atoms with Gasteiger partial charge in [0.1, 0.15) is 0 Å². The number of nitrogens with zero attached hydrogens (tertiary/aromatic N) is 1. The molecule has 7 nitrogen and oxygen atoms in total. The van der Waals surface area contributed by atoms with Crippen molar-refractivity contribution in [2.45, 2.75) is 25.5 Å². The maximum Gasteiger partial charge on any atom is 0.340 e. The third kappa shape index (κ3) is 4.15. The number of hydrogen-bond donors (Lipinski definition) is 2. The Morgan fingerprint density at radius 2 is 1.85 bits per heavy atom. The molecule has 0 spiro atoms. The molecule has 3 rings (SSSR count). The van der Waals surface area contributed by atoms with Crippen LogP contribution in [0.5, 0.6) is 0 Å². The zero-order valence-corrected chi connectivity index (χ0v) is 14.8. The van der Waals surface area contributed by atoms with Crippen LogP contribution in [0.2, 0.25) is 0 Å². The fourth-order valence-corrected chi connectivity index (χ4v) is 3.02. The van der Waals surface area contributed by atoms with E-state index < -0.39 is 30.6 Å². The normalized spacial score (nSPS) is 17.3. The third-order valence-corrected chi connectivity index (χ3v) is 4.30. The summed E-state index contributed by atoms with van der Waals surface area (Å²) in [5.41, 5.74) is 1.45. The van der Waals surface area contributed by atoms with E-state index in [1.807, 2.05) is 0 Å². The number of benzene rings is 2. The van der Waals surface area contributed by atoms with E-state index in [1.54, 1.807) is 61.5 Å². The van der Waals surface area contributed by atoms with Crippen LogP contribution in [-0.2, 0) is 19.1 Å². The zero-order valence-electron chi connectivity index (χ0n) is 14.8. The van der Waals surface area contributed by atoms with Crippen LogP contribution in [0, 0.1) is 0 Å². The number of anilines is 2. The summed E-state index contributed by atoms with van der Waals surface area (Å²) in [6.45, 7) is 1.22. The number of aliphatic hydroxyl groups excluding tert-OH is 1. The van der Waals surface area contributed by atoms with Gasteiger partial charge in [-0.2, -0.15) is 0 Å². The lowest BCUT2D eigenvalue weighted by molar-refractivity contribution is -0.156. The molecule has 0 fully saturated rings. The fourth-order valence-electron chi connectivity index (χ4n) is 3.02. The minimum absolute atomic E-state index is 0.126. The Bertz CT molecular complexity index is 852. The first-order valence-electron chi connectivity index (χ1n) is 8.58. The van der Waals surface area contributed by atoms with E-state index in [9.17, 15) is 19.5 Å². The molecule has 0 aromatic heterocycles. The Balaban J connectivity index is 1.72. The SMILES string of the molecule is C[C@@H]1CC(=O)Nc2ccccc2N1C(=O)COC(=O)[C@H](O)c1ccccc1. The molecular formula is C20H20N2O5. The van der Waals surface area contributed by atoms with Crippen molar-refractivity contribution < 1.29 is 24.2 Å². The maximum atomic E-state index is 12.7. The summed E-state index contributed by atoms with van der Waals surface area (Å²) in [5, 5.41) is 12.8. The van der Waals surface area contributed by atoms with Gasteiger partial charge in [-0.3, -0.25) is 9.59 Å². The lowest BCUT2D eigenvalue weighted by atomic mass is 10.1. The Morgan fingerprint density at radius 1 is 1.19 bits per heavy atom.